The molecule has 10 heteroatoms. The summed E-state index contributed by atoms with van der Waals surface area (Å²) < 4.78 is 47.1. The fraction of sp³-hybridized carbons (Fsp3) is 0.368. The third-order valence-electron chi connectivity index (χ3n) is 3.30. The van der Waals surface area contributed by atoms with Crippen molar-refractivity contribution in [1.82, 2.24) is 0 Å². The first-order chi connectivity index (χ1) is 12.3. The molecule has 0 N–H and O–H groups in total. The number of alkyl halides is 2. The summed E-state index contributed by atoms with van der Waals surface area (Å²) in [6.07, 6.45) is 1.22. The molecular weight excluding hydrogens is 669 g/mol. The Balaban J connectivity index is -0.000000422. The summed E-state index contributed by atoms with van der Waals surface area (Å²) >= 11 is 7.61. The average Bonchev–Trinajstić information content (AvgIpc) is 2.67. The van der Waals surface area contributed by atoms with Gasteiger partial charge in [-0.2, -0.15) is 0 Å². The van der Waals surface area contributed by atoms with Gasteiger partial charge < -0.3 is 24.0 Å². The molecule has 2 aromatic rings. The fourth-order valence-corrected chi connectivity index (χ4v) is 5.84. The number of rotatable bonds is 8. The van der Waals surface area contributed by atoms with Crippen LogP contribution in [0.5, 0.6) is 0 Å². The van der Waals surface area contributed by atoms with Crippen LogP contribution in [0.15, 0.2) is 70.5 Å². The van der Waals surface area contributed by atoms with E-state index in [9.17, 15) is 16.8 Å². The Morgan fingerprint density at radius 1 is 0.724 bits per heavy atom. The molecule has 0 saturated carbocycles. The second-order valence-corrected chi connectivity index (χ2v) is 11.0. The molecule has 0 unspecified atom stereocenters. The van der Waals surface area contributed by atoms with Crippen LogP contribution in [0.1, 0.15) is 20.3 Å². The Morgan fingerprint density at radius 2 is 1.07 bits per heavy atom. The minimum absolute atomic E-state index is 0. The number of halogens is 3. The molecule has 0 aromatic heterocycles. The van der Waals surface area contributed by atoms with Crippen LogP contribution in [0.25, 0.3) is 0 Å². The van der Waals surface area contributed by atoms with Crippen molar-refractivity contribution in [1.29, 1.82) is 0 Å². The van der Waals surface area contributed by atoms with E-state index in [1.54, 1.807) is 54.6 Å². The molecule has 0 saturated heterocycles. The Morgan fingerprint density at radius 3 is 1.38 bits per heavy atom. The Hall–Kier alpha value is 1.09. The third kappa shape index (κ3) is 14.0. The van der Waals surface area contributed by atoms with Crippen LogP contribution in [0, 0.1) is 0 Å². The molecule has 0 aliphatic heterocycles. The summed E-state index contributed by atoms with van der Waals surface area (Å²) in [5, 5.41) is 0. The largest absolute Gasteiger partial charge is 1.00 e. The van der Waals surface area contributed by atoms with Gasteiger partial charge in [0.15, 0.2) is 19.7 Å². The van der Waals surface area contributed by atoms with E-state index in [0.717, 1.165) is 10.8 Å². The molecule has 160 valence electrons. The first kappa shape index (κ1) is 34.7. The van der Waals surface area contributed by atoms with E-state index < -0.39 is 19.7 Å². The maximum Gasteiger partial charge on any atom is 1.00 e. The zero-order chi connectivity index (χ0) is 19.5. The molecule has 0 aliphatic rings. The molecule has 0 bridgehead atoms. The van der Waals surface area contributed by atoms with Gasteiger partial charge in [-0.05, 0) is 37.1 Å². The SMILES string of the molecule is C.O=S(=O)(CCCCl)c1ccccc1.O=S(=O)(CCCI)c1ccccc1.[I-].[Na+]. The number of benzene rings is 2. The fourth-order valence-electron chi connectivity index (χ4n) is 1.98. The molecule has 4 nitrogen and oxygen atoms in total. The second-order valence-electron chi connectivity index (χ2n) is 5.35. The van der Waals surface area contributed by atoms with Gasteiger partial charge in [0.25, 0.3) is 0 Å². The summed E-state index contributed by atoms with van der Waals surface area (Å²) in [5.74, 6) is 0.756. The molecule has 0 amide bonds. The van der Waals surface area contributed by atoms with Crippen molar-refractivity contribution >= 4 is 53.9 Å². The van der Waals surface area contributed by atoms with Gasteiger partial charge in [-0.25, -0.2) is 16.8 Å². The van der Waals surface area contributed by atoms with Gasteiger partial charge in [0, 0.05) is 10.3 Å². The molecule has 0 heterocycles. The van der Waals surface area contributed by atoms with Crippen LogP contribution in [0.4, 0.5) is 0 Å². The zero-order valence-corrected chi connectivity index (χ0v) is 24.3. The molecule has 0 spiro atoms. The van der Waals surface area contributed by atoms with Crippen LogP contribution in [0.2, 0.25) is 0 Å². The second kappa shape index (κ2) is 18.6. The minimum atomic E-state index is -3.11. The summed E-state index contributed by atoms with van der Waals surface area (Å²) in [6, 6.07) is 17.0. The van der Waals surface area contributed by atoms with E-state index in [-0.39, 0.29) is 72.5 Å². The summed E-state index contributed by atoms with van der Waals surface area (Å²) in [4.78, 5) is 0.806. The van der Waals surface area contributed by atoms with Crippen molar-refractivity contribution < 1.29 is 70.4 Å². The molecule has 0 fully saturated rings. The van der Waals surface area contributed by atoms with Crippen LogP contribution >= 0.6 is 34.2 Å². The van der Waals surface area contributed by atoms with E-state index in [1.807, 2.05) is 6.07 Å². The van der Waals surface area contributed by atoms with E-state index in [4.69, 9.17) is 11.6 Å². The van der Waals surface area contributed by atoms with Crippen molar-refractivity contribution in [2.24, 2.45) is 0 Å². The molecule has 0 atom stereocenters. The molecule has 2 rings (SSSR count). The van der Waals surface area contributed by atoms with Gasteiger partial charge in [0.05, 0.1) is 21.3 Å². The van der Waals surface area contributed by atoms with Gasteiger partial charge in [-0.3, -0.25) is 0 Å². The van der Waals surface area contributed by atoms with E-state index in [0.29, 0.717) is 22.1 Å². The zero-order valence-electron chi connectivity index (χ0n) is 15.6. The normalized spacial score (nSPS) is 10.3. The topological polar surface area (TPSA) is 68.3 Å². The standard InChI is InChI=1S/C9H11ClO2S.C9H11IO2S.CH4.HI.Na/c2*10-7-4-8-13(11,12)9-5-2-1-3-6-9;;;/h2*1-3,5-6H,4,7-8H2;1H4;1H;/q;;;;+1/p-1. The molecule has 0 aliphatic carbocycles. The van der Waals surface area contributed by atoms with E-state index >= 15 is 0 Å². The first-order valence-electron chi connectivity index (χ1n) is 8.01. The number of sulfone groups is 2. The van der Waals surface area contributed by atoms with Crippen molar-refractivity contribution in [2.45, 2.75) is 30.1 Å². The number of hydrogen-bond donors (Lipinski definition) is 0. The van der Waals surface area contributed by atoms with Crippen LogP contribution in [-0.4, -0.2) is 38.6 Å². The van der Waals surface area contributed by atoms with Crippen molar-refractivity contribution in [3.05, 3.63) is 60.7 Å². The Labute approximate surface area is 233 Å². The summed E-state index contributed by atoms with van der Waals surface area (Å²) in [5.41, 5.74) is 0. The minimum Gasteiger partial charge on any atom is -1.00 e. The summed E-state index contributed by atoms with van der Waals surface area (Å²) in [7, 11) is -6.13. The van der Waals surface area contributed by atoms with Gasteiger partial charge in [0.2, 0.25) is 0 Å². The van der Waals surface area contributed by atoms with Crippen LogP contribution < -0.4 is 53.5 Å². The average molecular weight is 695 g/mol. The molecule has 0 radical (unpaired) electrons. The number of hydrogen-bond acceptors (Lipinski definition) is 4. The Bertz CT molecular complexity index is 777. The third-order valence-corrected chi connectivity index (χ3v) is 7.96. The predicted molar refractivity (Wildman–Crippen MR) is 123 cm³/mol. The molecular formula is C19H26ClI2NaO4S2. The first-order valence-corrected chi connectivity index (χ1v) is 13.4. The van der Waals surface area contributed by atoms with Gasteiger partial charge in [-0.1, -0.05) is 66.4 Å². The summed E-state index contributed by atoms with van der Waals surface area (Å²) in [6.45, 7) is 0. The van der Waals surface area contributed by atoms with Crippen molar-refractivity contribution in [3.8, 4) is 0 Å². The van der Waals surface area contributed by atoms with Crippen molar-refractivity contribution in [2.75, 3.05) is 21.8 Å². The molecule has 29 heavy (non-hydrogen) atoms. The van der Waals surface area contributed by atoms with Crippen molar-refractivity contribution in [3.63, 3.8) is 0 Å². The monoisotopic (exact) mass is 694 g/mol. The quantitative estimate of drug-likeness (QED) is 0.203. The maximum atomic E-state index is 11.6. The van der Waals surface area contributed by atoms with E-state index in [1.165, 1.54) is 0 Å². The van der Waals surface area contributed by atoms with Crippen LogP contribution in [-0.2, 0) is 19.7 Å². The van der Waals surface area contributed by atoms with Gasteiger partial charge in [0.1, 0.15) is 0 Å². The Kier molecular flexibility index (Phi) is 22.3. The van der Waals surface area contributed by atoms with Crippen LogP contribution in [0.3, 0.4) is 0 Å². The predicted octanol–water partition coefficient (Wildman–Crippen LogP) is -0.981. The van der Waals surface area contributed by atoms with Gasteiger partial charge in [-0.15, -0.1) is 11.6 Å². The maximum absolute atomic E-state index is 11.6. The van der Waals surface area contributed by atoms with Gasteiger partial charge >= 0.3 is 29.6 Å². The smallest absolute Gasteiger partial charge is 1.00 e. The van der Waals surface area contributed by atoms with E-state index in [2.05, 4.69) is 22.6 Å². The molecule has 2 aromatic carbocycles.